The van der Waals surface area contributed by atoms with Crippen LogP contribution in [0.3, 0.4) is 0 Å². The molecule has 11 heteroatoms. The smallest absolute Gasteiger partial charge is 0.417 e. The standard InChI is InChI=1S/C38H33F3N4O4/c1-20-11-8-12-21(2)30(20)34-42-22(3)33(45(34)5)35(46)43-28(37(48)49)19-23-13-9-16-25-24(23)15-10-17-26(25)31-32(38(39,40)41)27-14-6-7-18-29(27)44(4)36(31)47/h6-18,28H,19H2,1-5H3,(H,43,46)(H,48,49)/t28-/m0/s1. The molecule has 250 valence electrons. The summed E-state index contributed by atoms with van der Waals surface area (Å²) in [4.78, 5) is 44.4. The Balaban J connectivity index is 1.41. The maximum atomic E-state index is 14.7. The second-order valence-electron chi connectivity index (χ2n) is 12.2. The zero-order valence-electron chi connectivity index (χ0n) is 27.4. The van der Waals surface area contributed by atoms with E-state index in [-0.39, 0.29) is 28.6 Å². The number of aryl methyl sites for hydroxylation is 4. The highest BCUT2D eigenvalue weighted by Crippen LogP contribution is 2.42. The van der Waals surface area contributed by atoms with Crippen LogP contribution in [0.1, 0.15) is 38.4 Å². The molecule has 1 atom stereocenters. The summed E-state index contributed by atoms with van der Waals surface area (Å²) in [6.07, 6.45) is -5.02. The highest BCUT2D eigenvalue weighted by molar-refractivity contribution is 6.02. The number of hydrogen-bond donors (Lipinski definition) is 2. The van der Waals surface area contributed by atoms with Gasteiger partial charge in [-0.25, -0.2) is 9.78 Å². The molecule has 0 aliphatic rings. The number of rotatable bonds is 7. The van der Waals surface area contributed by atoms with E-state index in [0.717, 1.165) is 16.7 Å². The quantitative estimate of drug-likeness (QED) is 0.189. The Morgan fingerprint density at radius 3 is 2.10 bits per heavy atom. The second kappa shape index (κ2) is 12.4. The van der Waals surface area contributed by atoms with E-state index in [1.54, 1.807) is 54.9 Å². The fourth-order valence-electron chi connectivity index (χ4n) is 6.80. The fourth-order valence-corrected chi connectivity index (χ4v) is 6.80. The second-order valence-corrected chi connectivity index (χ2v) is 12.2. The summed E-state index contributed by atoms with van der Waals surface area (Å²) in [5.41, 5.74) is 1.80. The van der Waals surface area contributed by atoms with E-state index in [9.17, 15) is 32.7 Å². The van der Waals surface area contributed by atoms with Gasteiger partial charge in [0.25, 0.3) is 11.5 Å². The third-order valence-electron chi connectivity index (χ3n) is 9.09. The van der Waals surface area contributed by atoms with Crippen LogP contribution in [0.15, 0.2) is 83.7 Å². The number of carbonyl (C=O) groups is 2. The van der Waals surface area contributed by atoms with Crippen LogP contribution in [0.4, 0.5) is 13.2 Å². The minimum atomic E-state index is -4.84. The summed E-state index contributed by atoms with van der Waals surface area (Å²) in [6, 6.07) is 19.8. The van der Waals surface area contributed by atoms with Gasteiger partial charge >= 0.3 is 12.1 Å². The number of fused-ring (bicyclic) bond motifs is 2. The van der Waals surface area contributed by atoms with Crippen molar-refractivity contribution in [2.24, 2.45) is 14.1 Å². The summed E-state index contributed by atoms with van der Waals surface area (Å²) in [5, 5.41) is 13.5. The molecule has 49 heavy (non-hydrogen) atoms. The van der Waals surface area contributed by atoms with Gasteiger partial charge in [0.05, 0.1) is 22.3 Å². The molecule has 8 nitrogen and oxygen atoms in total. The minimum Gasteiger partial charge on any atom is -0.480 e. The van der Waals surface area contributed by atoms with E-state index in [0.29, 0.717) is 27.9 Å². The van der Waals surface area contributed by atoms with Crippen molar-refractivity contribution in [2.75, 3.05) is 0 Å². The first-order chi connectivity index (χ1) is 23.2. The van der Waals surface area contributed by atoms with Crippen molar-refractivity contribution in [3.63, 3.8) is 0 Å². The molecule has 0 spiro atoms. The van der Waals surface area contributed by atoms with E-state index in [1.807, 2.05) is 32.0 Å². The summed E-state index contributed by atoms with van der Waals surface area (Å²) >= 11 is 0. The van der Waals surface area contributed by atoms with Crippen LogP contribution in [0, 0.1) is 20.8 Å². The SMILES string of the molecule is Cc1cccc(C)c1-c1nc(C)c(C(=O)N[C@@H](Cc2cccc3c(-c4c(C(F)(F)F)c5ccccc5n(C)c4=O)cccc23)C(=O)O)n1C. The largest absolute Gasteiger partial charge is 0.480 e. The van der Waals surface area contributed by atoms with E-state index in [4.69, 9.17) is 0 Å². The van der Waals surface area contributed by atoms with Gasteiger partial charge in [-0.05, 0) is 59.9 Å². The molecule has 2 aromatic heterocycles. The van der Waals surface area contributed by atoms with Crippen molar-refractivity contribution >= 4 is 33.6 Å². The Bertz CT molecular complexity index is 2350. The first-order valence-electron chi connectivity index (χ1n) is 15.5. The Labute approximate surface area is 279 Å². The molecule has 0 unspecified atom stereocenters. The third kappa shape index (κ3) is 5.75. The van der Waals surface area contributed by atoms with Crippen molar-refractivity contribution in [1.29, 1.82) is 0 Å². The average Bonchev–Trinajstić information content (AvgIpc) is 3.34. The number of nitrogens with zero attached hydrogens (tertiary/aromatic N) is 3. The Morgan fingerprint density at radius 1 is 0.816 bits per heavy atom. The zero-order chi connectivity index (χ0) is 35.4. The van der Waals surface area contributed by atoms with Crippen LogP contribution in [0.5, 0.6) is 0 Å². The number of imidazole rings is 1. The van der Waals surface area contributed by atoms with Crippen LogP contribution in [0.25, 0.3) is 44.2 Å². The van der Waals surface area contributed by atoms with Gasteiger partial charge in [-0.3, -0.25) is 9.59 Å². The zero-order valence-corrected chi connectivity index (χ0v) is 27.4. The number of hydrogen-bond acceptors (Lipinski definition) is 4. The van der Waals surface area contributed by atoms with Crippen molar-refractivity contribution in [1.82, 2.24) is 19.4 Å². The van der Waals surface area contributed by atoms with Gasteiger partial charge in [0, 0.05) is 31.5 Å². The average molecular weight is 667 g/mol. The predicted octanol–water partition coefficient (Wildman–Crippen LogP) is 7.13. The lowest BCUT2D eigenvalue weighted by atomic mass is 9.90. The summed E-state index contributed by atoms with van der Waals surface area (Å²) < 4.78 is 47.0. The van der Waals surface area contributed by atoms with Crippen LogP contribution < -0.4 is 10.9 Å². The van der Waals surface area contributed by atoms with Gasteiger partial charge in [0.1, 0.15) is 17.6 Å². The molecular weight excluding hydrogens is 633 g/mol. The summed E-state index contributed by atoms with van der Waals surface area (Å²) in [5.74, 6) is -1.35. The number of pyridine rings is 1. The fraction of sp³-hybridized carbons (Fsp3) is 0.211. The van der Waals surface area contributed by atoms with Crippen LogP contribution >= 0.6 is 0 Å². The molecule has 2 N–H and O–H groups in total. The molecular formula is C38H33F3N4O4. The van der Waals surface area contributed by atoms with Crippen LogP contribution in [-0.2, 0) is 31.5 Å². The molecule has 0 saturated carbocycles. The topological polar surface area (TPSA) is 106 Å². The number of nitrogens with one attached hydrogen (secondary N) is 1. The number of amides is 1. The molecule has 4 aromatic carbocycles. The Morgan fingerprint density at radius 2 is 1.43 bits per heavy atom. The number of aromatic nitrogens is 3. The van der Waals surface area contributed by atoms with Crippen molar-refractivity contribution < 1.29 is 27.9 Å². The lowest BCUT2D eigenvalue weighted by molar-refractivity contribution is -0.139. The van der Waals surface area contributed by atoms with E-state index in [1.165, 1.54) is 35.9 Å². The summed E-state index contributed by atoms with van der Waals surface area (Å²) in [6.45, 7) is 5.58. The van der Waals surface area contributed by atoms with E-state index >= 15 is 0 Å². The number of benzene rings is 4. The Hall–Kier alpha value is -5.71. The number of alkyl halides is 3. The molecule has 0 aliphatic heterocycles. The monoisotopic (exact) mass is 666 g/mol. The number of carboxylic acid groups (broad SMARTS) is 1. The number of para-hydroxylation sites is 1. The first-order valence-corrected chi connectivity index (χ1v) is 15.5. The summed E-state index contributed by atoms with van der Waals surface area (Å²) in [7, 11) is 3.13. The maximum absolute atomic E-state index is 14.7. The number of carbonyl (C=O) groups excluding carboxylic acids is 1. The van der Waals surface area contributed by atoms with E-state index < -0.39 is 40.8 Å². The van der Waals surface area contributed by atoms with Crippen LogP contribution in [-0.4, -0.2) is 37.1 Å². The predicted molar refractivity (Wildman–Crippen MR) is 183 cm³/mol. The lowest BCUT2D eigenvalue weighted by Crippen LogP contribution is -2.43. The molecule has 0 fully saturated rings. The van der Waals surface area contributed by atoms with Crippen molar-refractivity contribution in [2.45, 2.75) is 39.4 Å². The normalized spacial score (nSPS) is 12.4. The van der Waals surface area contributed by atoms with Gasteiger partial charge < -0.3 is 19.6 Å². The van der Waals surface area contributed by atoms with Crippen LogP contribution in [0.2, 0.25) is 0 Å². The molecule has 1 amide bonds. The molecule has 0 bridgehead atoms. The lowest BCUT2D eigenvalue weighted by Gasteiger charge is -2.20. The Kier molecular flexibility index (Phi) is 8.39. The van der Waals surface area contributed by atoms with E-state index in [2.05, 4.69) is 10.3 Å². The molecule has 2 heterocycles. The third-order valence-corrected chi connectivity index (χ3v) is 9.09. The highest BCUT2D eigenvalue weighted by Gasteiger charge is 2.38. The molecule has 6 aromatic rings. The van der Waals surface area contributed by atoms with Gasteiger partial charge in [-0.1, -0.05) is 72.8 Å². The van der Waals surface area contributed by atoms with Gasteiger partial charge in [-0.2, -0.15) is 13.2 Å². The van der Waals surface area contributed by atoms with Crippen molar-refractivity contribution in [3.8, 4) is 22.5 Å². The van der Waals surface area contributed by atoms with Gasteiger partial charge in [0.2, 0.25) is 0 Å². The molecule has 0 aliphatic carbocycles. The number of aliphatic carboxylic acids is 1. The number of halogens is 3. The number of carboxylic acids is 1. The van der Waals surface area contributed by atoms with Crippen molar-refractivity contribution in [3.05, 3.63) is 123 Å². The maximum Gasteiger partial charge on any atom is 0.417 e. The highest BCUT2D eigenvalue weighted by atomic mass is 19.4. The molecule has 0 saturated heterocycles. The van der Waals surface area contributed by atoms with Gasteiger partial charge in [-0.15, -0.1) is 0 Å². The molecule has 0 radical (unpaired) electrons. The van der Waals surface area contributed by atoms with Gasteiger partial charge in [0.15, 0.2) is 0 Å². The first kappa shape index (κ1) is 33.2. The molecule has 6 rings (SSSR count). The minimum absolute atomic E-state index is 0.0680.